The highest BCUT2D eigenvalue weighted by atomic mass is 32.2. The van der Waals surface area contributed by atoms with Crippen LogP contribution in [0.4, 0.5) is 0 Å². The lowest BCUT2D eigenvalue weighted by Crippen LogP contribution is -2.39. The van der Waals surface area contributed by atoms with Gasteiger partial charge in [0.2, 0.25) is 0 Å². The van der Waals surface area contributed by atoms with Gasteiger partial charge in [-0.25, -0.2) is 0 Å². The predicted molar refractivity (Wildman–Crippen MR) is 312 cm³/mol. The Kier molecular flexibility index (Phi) is 32.3. The minimum Gasteiger partial charge on any atom is -0.746 e. The van der Waals surface area contributed by atoms with Gasteiger partial charge >= 0.3 is 7.82 Å². The van der Waals surface area contributed by atoms with Crippen LogP contribution in [0.15, 0.2) is 84.9 Å². The summed E-state index contributed by atoms with van der Waals surface area (Å²) in [6, 6.07) is 23.4. The Morgan fingerprint density at radius 2 is 1.05 bits per heavy atom. The number of likely N-dealkylation sites (N-methyl/N-ethyl adjacent to an activating group) is 1. The zero-order chi connectivity index (χ0) is 52.3. The highest BCUT2D eigenvalue weighted by Crippen LogP contribution is 2.51. The maximum Gasteiger partial charge on any atom is 0.319 e. The number of aliphatic hydroxyl groups is 1. The van der Waals surface area contributed by atoms with E-state index >= 15 is 0 Å². The number of benzene rings is 3. The lowest BCUT2D eigenvalue weighted by Gasteiger charge is -2.40. The molecule has 2 unspecified atom stereocenters. The Labute approximate surface area is 454 Å². The topological polar surface area (TPSA) is 97.3 Å². The molecule has 0 bridgehead atoms. The third kappa shape index (κ3) is 26.5. The molecule has 8 nitrogen and oxygen atoms in total. The second kappa shape index (κ2) is 37.4. The number of quaternary nitrogens is 1. The van der Waals surface area contributed by atoms with Gasteiger partial charge in [0.15, 0.2) is 11.5 Å². The van der Waals surface area contributed by atoms with Crippen molar-refractivity contribution in [2.24, 2.45) is 0 Å². The second-order valence-corrected chi connectivity index (χ2v) is 25.6. The normalized spacial score (nSPS) is 16.9. The van der Waals surface area contributed by atoms with E-state index in [9.17, 15) is 14.6 Å². The Morgan fingerprint density at radius 1 is 0.589 bits per heavy atom. The summed E-state index contributed by atoms with van der Waals surface area (Å²) in [6.45, 7) is 6.42. The van der Waals surface area contributed by atoms with Crippen LogP contribution in [0.25, 0.3) is 0 Å². The first-order valence-electron chi connectivity index (χ1n) is 29.1. The van der Waals surface area contributed by atoms with Gasteiger partial charge in [0.1, 0.15) is 24.5 Å². The molecule has 0 radical (unpaired) electrons. The summed E-state index contributed by atoms with van der Waals surface area (Å²) < 4.78 is 36.5. The number of allylic oxidation sites excluding steroid dienone is 2. The number of phosphoric ester groups is 1. The van der Waals surface area contributed by atoms with E-state index in [2.05, 4.69) is 26.0 Å². The van der Waals surface area contributed by atoms with Crippen LogP contribution in [-0.2, 0) is 14.7 Å². The lowest BCUT2D eigenvalue weighted by atomic mass is 9.87. The summed E-state index contributed by atoms with van der Waals surface area (Å²) in [5.41, 5.74) is 1.45. The summed E-state index contributed by atoms with van der Waals surface area (Å²) >= 11 is 3.52. The average Bonchev–Trinajstić information content (AvgIpc) is 3.38. The Hall–Kier alpha value is -2.43. The summed E-state index contributed by atoms with van der Waals surface area (Å²) in [5.74, 6) is 3.48. The quantitative estimate of drug-likeness (QED) is 0.0257. The molecule has 4 rings (SSSR count). The van der Waals surface area contributed by atoms with Gasteiger partial charge in [0.25, 0.3) is 0 Å². The van der Waals surface area contributed by atoms with Crippen molar-refractivity contribution in [2.45, 2.75) is 210 Å². The van der Waals surface area contributed by atoms with Crippen molar-refractivity contribution in [1.29, 1.82) is 0 Å². The van der Waals surface area contributed by atoms with Crippen LogP contribution in [0.2, 0.25) is 0 Å². The van der Waals surface area contributed by atoms with Gasteiger partial charge in [-0.1, -0.05) is 216 Å². The predicted octanol–water partition coefficient (Wildman–Crippen LogP) is 17.4. The molecule has 0 spiro atoms. The van der Waals surface area contributed by atoms with E-state index in [1.165, 1.54) is 161 Å². The van der Waals surface area contributed by atoms with Crippen LogP contribution in [0, 0.1) is 0 Å². The largest absolute Gasteiger partial charge is 0.746 e. The van der Waals surface area contributed by atoms with Gasteiger partial charge < -0.3 is 33.0 Å². The zero-order valence-electron chi connectivity index (χ0n) is 46.4. The molecule has 412 valence electrons. The molecule has 1 fully saturated rings. The van der Waals surface area contributed by atoms with Crippen LogP contribution in [-0.4, -0.2) is 73.2 Å². The van der Waals surface area contributed by atoms with Crippen LogP contribution < -0.4 is 18.9 Å². The van der Waals surface area contributed by atoms with Crippen LogP contribution in [0.3, 0.4) is 0 Å². The molecule has 1 aliphatic rings. The minimum absolute atomic E-state index is 0.0549. The number of ether oxygens (including phenoxy) is 2. The van der Waals surface area contributed by atoms with Gasteiger partial charge in [0, 0.05) is 17.4 Å². The van der Waals surface area contributed by atoms with E-state index < -0.39 is 13.4 Å². The monoisotopic (exact) mass is 1070 g/mol. The van der Waals surface area contributed by atoms with Gasteiger partial charge in [-0.15, -0.1) is 23.5 Å². The van der Waals surface area contributed by atoms with E-state index in [1.807, 2.05) is 81.8 Å². The molecule has 11 heteroatoms. The molecule has 3 aromatic carbocycles. The van der Waals surface area contributed by atoms with E-state index in [0.717, 1.165) is 53.2 Å². The third-order valence-corrected chi connectivity index (χ3v) is 18.3. The van der Waals surface area contributed by atoms with Crippen molar-refractivity contribution in [2.75, 3.05) is 59.0 Å². The molecule has 73 heavy (non-hydrogen) atoms. The summed E-state index contributed by atoms with van der Waals surface area (Å²) in [4.78, 5) is 12.5. The molecule has 0 saturated carbocycles. The minimum atomic E-state index is -4.50. The molecule has 1 heterocycles. The summed E-state index contributed by atoms with van der Waals surface area (Å²) in [6.07, 6.45) is 41.0. The molecule has 0 aliphatic carbocycles. The molecule has 1 aliphatic heterocycles. The van der Waals surface area contributed by atoms with Gasteiger partial charge in [-0.2, -0.15) is 0 Å². The van der Waals surface area contributed by atoms with Gasteiger partial charge in [-0.3, -0.25) is 4.57 Å². The van der Waals surface area contributed by atoms with Crippen molar-refractivity contribution >= 4 is 31.3 Å². The van der Waals surface area contributed by atoms with Crippen LogP contribution in [0.1, 0.15) is 216 Å². The van der Waals surface area contributed by atoms with Crippen molar-refractivity contribution in [1.82, 2.24) is 0 Å². The standard InChI is InChI=1S/C62H100NO7PS2/c1-6-8-10-12-14-16-18-20-22-23-25-27-29-31-33-38-49-68-60-51-57(43-46-59(60)67-48-37-32-30-28-26-24-21-19-17-15-13-11-9-7-2)62(64,56-39-35-34-36-40-56)61-72-52-55(53-73-61)54-41-44-58(45-42-54)70-71(65,66)69-50-47-63(3,4)5/h20,22,34-36,39-46,51,55,61,64H,6-19,21,23-33,37-38,47-50,52-53H2,1-5H3/b22-20+. The van der Waals surface area contributed by atoms with Gasteiger partial charge in [-0.05, 0) is 79.5 Å². The number of hydrogen-bond acceptors (Lipinski definition) is 9. The van der Waals surface area contributed by atoms with E-state index in [4.69, 9.17) is 18.5 Å². The highest BCUT2D eigenvalue weighted by Gasteiger charge is 2.44. The maximum atomic E-state index is 13.1. The first kappa shape index (κ1) is 63.1. The molecule has 2 atom stereocenters. The molecule has 0 aromatic heterocycles. The maximum absolute atomic E-state index is 13.1. The fourth-order valence-corrected chi connectivity index (χ4v) is 13.6. The first-order valence-corrected chi connectivity index (χ1v) is 32.6. The molecule has 1 saturated heterocycles. The van der Waals surface area contributed by atoms with Gasteiger partial charge in [0.05, 0.1) is 38.9 Å². The van der Waals surface area contributed by atoms with Crippen LogP contribution in [0.5, 0.6) is 17.2 Å². The van der Waals surface area contributed by atoms with E-state index in [-0.39, 0.29) is 22.9 Å². The zero-order valence-corrected chi connectivity index (χ0v) is 48.9. The Bertz CT molecular complexity index is 1920. The Balaban J connectivity index is 1.32. The molecular formula is C62H100NO7PS2. The fourth-order valence-electron chi connectivity index (χ4n) is 9.44. The van der Waals surface area contributed by atoms with Crippen molar-refractivity contribution in [3.63, 3.8) is 0 Å². The lowest BCUT2D eigenvalue weighted by molar-refractivity contribution is -0.870. The molecule has 3 aromatic rings. The number of rotatable bonds is 43. The van der Waals surface area contributed by atoms with Crippen molar-refractivity contribution < 1.29 is 37.6 Å². The van der Waals surface area contributed by atoms with Crippen LogP contribution >= 0.6 is 31.3 Å². The number of hydrogen-bond donors (Lipinski definition) is 1. The smallest absolute Gasteiger partial charge is 0.319 e. The first-order chi connectivity index (χ1) is 35.4. The van der Waals surface area contributed by atoms with E-state index in [0.29, 0.717) is 30.0 Å². The molecular weight excluding hydrogens is 966 g/mol. The fraction of sp³-hybridized carbons (Fsp3) is 0.677. The number of phosphoric acid groups is 1. The third-order valence-electron chi connectivity index (χ3n) is 14.1. The summed E-state index contributed by atoms with van der Waals surface area (Å²) in [7, 11) is 1.44. The summed E-state index contributed by atoms with van der Waals surface area (Å²) in [5, 5.41) is 13.1. The molecule has 0 amide bonds. The number of unbranched alkanes of at least 4 members (excludes halogenated alkanes) is 25. The number of nitrogens with zero attached hydrogens (tertiary/aromatic N) is 1. The highest BCUT2D eigenvalue weighted by molar-refractivity contribution is 8.17. The Morgan fingerprint density at radius 3 is 1.55 bits per heavy atom. The van der Waals surface area contributed by atoms with Crippen molar-refractivity contribution in [3.8, 4) is 17.2 Å². The van der Waals surface area contributed by atoms with Crippen molar-refractivity contribution in [3.05, 3.63) is 102 Å². The second-order valence-electron chi connectivity index (χ2n) is 21.7. The van der Waals surface area contributed by atoms with E-state index in [1.54, 1.807) is 35.7 Å². The average molecular weight is 1070 g/mol. The molecule has 1 N–H and O–H groups in total. The number of thioether (sulfide) groups is 2. The SMILES string of the molecule is CCCCCCCC/C=C/CCCCCCCCOc1cc(C(O)(c2ccccc2)C2SCC(c3ccc(OP(=O)([O-])OCC[N+](C)(C)C)cc3)CS2)ccc1OCCCCCCCCCCCCCCCC.